The van der Waals surface area contributed by atoms with Crippen LogP contribution in [-0.4, -0.2) is 53.4 Å². The van der Waals surface area contributed by atoms with Crippen molar-refractivity contribution in [3.63, 3.8) is 0 Å². The Labute approximate surface area is 325 Å². The number of rotatable bonds is 12. The summed E-state index contributed by atoms with van der Waals surface area (Å²) >= 11 is 7.92. The smallest absolute Gasteiger partial charge is 0.330 e. The summed E-state index contributed by atoms with van der Waals surface area (Å²) in [7, 11) is 3.27. The highest BCUT2D eigenvalue weighted by Crippen LogP contribution is 2.76. The summed E-state index contributed by atoms with van der Waals surface area (Å²) < 4.78 is 39.9. The van der Waals surface area contributed by atoms with E-state index in [0.29, 0.717) is 29.4 Å². The molecule has 1 aliphatic carbocycles. The summed E-state index contributed by atoms with van der Waals surface area (Å²) in [6, 6.07) is 25.7. The highest BCUT2D eigenvalue weighted by atomic mass is 32.9. The molecule has 0 unspecified atom stereocenters. The topological polar surface area (TPSA) is 110 Å². The van der Waals surface area contributed by atoms with Crippen LogP contribution in [0.3, 0.4) is 0 Å². The van der Waals surface area contributed by atoms with Gasteiger partial charge in [0.05, 0.1) is 33.0 Å². The van der Waals surface area contributed by atoms with E-state index < -0.39 is 41.0 Å². The van der Waals surface area contributed by atoms with Crippen LogP contribution in [0.2, 0.25) is 0 Å². The monoisotopic (exact) mass is 790 g/mol. The van der Waals surface area contributed by atoms with E-state index in [1.54, 1.807) is 32.5 Å². The van der Waals surface area contributed by atoms with Gasteiger partial charge in [-0.1, -0.05) is 78.1 Å². The molecule has 286 valence electrons. The molecule has 3 aromatic carbocycles. The van der Waals surface area contributed by atoms with Crippen molar-refractivity contribution in [2.24, 2.45) is 5.92 Å². The Bertz CT molecular complexity index is 2090. The molecule has 4 aromatic rings. The van der Waals surface area contributed by atoms with Gasteiger partial charge < -0.3 is 28.0 Å². The number of aryl methyl sites for hydroxylation is 1. The normalized spacial score (nSPS) is 28.1. The SMILES string of the molecule is C=C(C)[C@H]1CC[C@@]2(C)S[P@@](=S)(O[C@H]3C[C@H](n4cc(C)c(=O)[nH]c4=O)O[C@@H]3COC(c3ccccc3)(c3ccc(OC)cc3)c3ccc(OC)cc3)O[C@@H]2C1. The number of allylic oxidation sites excluding steroid dienone is 1. The van der Waals surface area contributed by atoms with Gasteiger partial charge in [-0.3, -0.25) is 14.3 Å². The molecule has 1 aromatic heterocycles. The van der Waals surface area contributed by atoms with Gasteiger partial charge in [-0.05, 0) is 98.7 Å². The van der Waals surface area contributed by atoms with E-state index in [2.05, 4.69) is 25.4 Å². The number of H-pyrrole nitrogens is 1. The lowest BCUT2D eigenvalue weighted by Gasteiger charge is -2.37. The first-order valence-corrected chi connectivity index (χ1v) is 22.2. The summed E-state index contributed by atoms with van der Waals surface area (Å²) in [5.41, 5.74) is -0.818. The number of fused-ring (bicyclic) bond motifs is 1. The van der Waals surface area contributed by atoms with Crippen LogP contribution < -0.4 is 20.7 Å². The average molecular weight is 791 g/mol. The minimum Gasteiger partial charge on any atom is -0.497 e. The lowest BCUT2D eigenvalue weighted by Crippen LogP contribution is -2.39. The third-order valence-electron chi connectivity index (χ3n) is 11.0. The highest BCUT2D eigenvalue weighted by Gasteiger charge is 2.55. The van der Waals surface area contributed by atoms with Gasteiger partial charge in [-0.25, -0.2) is 4.79 Å². The van der Waals surface area contributed by atoms with Gasteiger partial charge in [0, 0.05) is 22.9 Å². The number of nitrogens with zero attached hydrogens (tertiary/aromatic N) is 1. The Balaban J connectivity index is 1.27. The van der Waals surface area contributed by atoms with Crippen LogP contribution in [0.1, 0.15) is 68.0 Å². The summed E-state index contributed by atoms with van der Waals surface area (Å²) in [6.07, 6.45) is 2.59. The average Bonchev–Trinajstić information content (AvgIpc) is 3.69. The molecule has 1 N–H and O–H groups in total. The number of aromatic nitrogens is 2. The van der Waals surface area contributed by atoms with Gasteiger partial charge >= 0.3 is 5.69 Å². The number of hydrogen-bond acceptors (Lipinski definition) is 10. The summed E-state index contributed by atoms with van der Waals surface area (Å²) in [6.45, 7) is 10.2. The number of aromatic amines is 1. The predicted octanol–water partition coefficient (Wildman–Crippen LogP) is 8.04. The number of nitrogens with one attached hydrogen (secondary N) is 1. The van der Waals surface area contributed by atoms with Gasteiger partial charge in [0.25, 0.3) is 5.56 Å². The first-order valence-electron chi connectivity index (χ1n) is 18.2. The largest absolute Gasteiger partial charge is 0.497 e. The Morgan fingerprint density at radius 2 is 1.61 bits per heavy atom. The fraction of sp³-hybridized carbons (Fsp3) is 0.415. The molecule has 7 rings (SSSR count). The van der Waals surface area contributed by atoms with Gasteiger partial charge in [0.2, 0.25) is 5.69 Å². The van der Waals surface area contributed by atoms with Crippen LogP contribution >= 0.6 is 17.1 Å². The van der Waals surface area contributed by atoms with Crippen molar-refractivity contribution in [1.82, 2.24) is 9.55 Å². The second-order valence-electron chi connectivity index (χ2n) is 14.6. The Morgan fingerprint density at radius 3 is 2.20 bits per heavy atom. The zero-order chi connectivity index (χ0) is 38.3. The number of methoxy groups -OCH3 is 2. The van der Waals surface area contributed by atoms with Gasteiger partial charge in [-0.15, -0.1) is 0 Å². The summed E-state index contributed by atoms with van der Waals surface area (Å²) in [5.74, 6) is 1.80. The van der Waals surface area contributed by atoms with Crippen LogP contribution in [0.4, 0.5) is 0 Å². The van der Waals surface area contributed by atoms with E-state index in [0.717, 1.165) is 41.5 Å². The van der Waals surface area contributed by atoms with Crippen molar-refractivity contribution in [2.75, 3.05) is 20.8 Å². The lowest BCUT2D eigenvalue weighted by atomic mass is 9.77. The third kappa shape index (κ3) is 7.54. The van der Waals surface area contributed by atoms with Gasteiger partial charge in [-0.2, -0.15) is 0 Å². The van der Waals surface area contributed by atoms with Crippen LogP contribution in [-0.2, 0) is 35.9 Å². The van der Waals surface area contributed by atoms with Crippen molar-refractivity contribution in [2.45, 2.75) is 81.3 Å². The molecular weight excluding hydrogens is 744 g/mol. The molecule has 2 aliphatic heterocycles. The van der Waals surface area contributed by atoms with E-state index in [4.69, 9.17) is 39.8 Å². The molecule has 54 heavy (non-hydrogen) atoms. The van der Waals surface area contributed by atoms with Crippen LogP contribution in [0, 0.1) is 12.8 Å². The van der Waals surface area contributed by atoms with Gasteiger partial charge in [0.15, 0.2) is 0 Å². The number of ether oxygens (including phenoxy) is 4. The quantitative estimate of drug-likeness (QED) is 0.0861. The Morgan fingerprint density at radius 1 is 1.00 bits per heavy atom. The van der Waals surface area contributed by atoms with E-state index >= 15 is 0 Å². The molecular formula is C41H47N2O8PS2. The first kappa shape index (κ1) is 38.8. The predicted molar refractivity (Wildman–Crippen MR) is 215 cm³/mol. The molecule has 0 amide bonds. The van der Waals surface area contributed by atoms with Crippen molar-refractivity contribution in [3.05, 3.63) is 140 Å². The highest BCUT2D eigenvalue weighted by molar-refractivity contribution is 8.68. The van der Waals surface area contributed by atoms with E-state index in [-0.39, 0.29) is 17.5 Å². The summed E-state index contributed by atoms with van der Waals surface area (Å²) in [4.78, 5) is 27.9. The third-order valence-corrected chi connectivity index (χ3v) is 16.8. The molecule has 3 aliphatic rings. The summed E-state index contributed by atoms with van der Waals surface area (Å²) in [5, 5.41) is 0. The molecule has 0 spiro atoms. The molecule has 3 heterocycles. The fourth-order valence-corrected chi connectivity index (χ4v) is 15.4. The minimum atomic E-state index is -2.88. The molecule has 3 fully saturated rings. The van der Waals surface area contributed by atoms with Crippen molar-refractivity contribution >= 4 is 28.9 Å². The molecule has 10 nitrogen and oxygen atoms in total. The van der Waals surface area contributed by atoms with E-state index in [9.17, 15) is 9.59 Å². The van der Waals surface area contributed by atoms with Crippen molar-refractivity contribution in [1.29, 1.82) is 0 Å². The zero-order valence-electron chi connectivity index (χ0n) is 31.2. The molecule has 2 saturated heterocycles. The fourth-order valence-electron chi connectivity index (χ4n) is 7.81. The van der Waals surface area contributed by atoms with Crippen molar-refractivity contribution in [3.8, 4) is 11.5 Å². The molecule has 7 atom stereocenters. The van der Waals surface area contributed by atoms with Crippen LogP contribution in [0.5, 0.6) is 11.5 Å². The molecule has 0 bridgehead atoms. The Kier molecular flexibility index (Phi) is 11.2. The first-order chi connectivity index (χ1) is 25.9. The standard InChI is InChI=1S/C41H47N2O8PS2/c1-26(2)28-20-21-40(4)36(22-28)51-52(53,54-40)50-34-23-37(43-24-27(3)38(44)42-39(43)45)49-35(34)25-48-41(29-10-8-7-9-11-29,30-12-16-32(46-5)17-13-30)31-14-18-33(47-6)19-15-31/h7-19,24,28,34-37H,1,20-23,25H2,2-6H3,(H,42,44,45)/t28-,34-,35+,36+,37+,40+,52-/m0/s1. The molecule has 1 saturated carbocycles. The maximum Gasteiger partial charge on any atom is 0.330 e. The second-order valence-corrected chi connectivity index (χ2v) is 21.1. The van der Waals surface area contributed by atoms with E-state index in [1.165, 1.54) is 10.8 Å². The zero-order valence-corrected chi connectivity index (χ0v) is 33.7. The molecule has 13 heteroatoms. The maximum absolute atomic E-state index is 13.2. The van der Waals surface area contributed by atoms with E-state index in [1.807, 2.05) is 78.9 Å². The van der Waals surface area contributed by atoms with Gasteiger partial charge in [0.1, 0.15) is 29.4 Å². The minimum absolute atomic E-state index is 0.0584. The van der Waals surface area contributed by atoms with Crippen LogP contribution in [0.25, 0.3) is 0 Å². The van der Waals surface area contributed by atoms with Crippen LogP contribution in [0.15, 0.2) is 107 Å². The maximum atomic E-state index is 13.2. The molecule has 0 radical (unpaired) electrons. The number of benzene rings is 3. The number of hydrogen-bond donors (Lipinski definition) is 1. The lowest BCUT2D eigenvalue weighted by molar-refractivity contribution is -0.0917. The second kappa shape index (κ2) is 15.6. The Hall–Kier alpha value is -3.48. The van der Waals surface area contributed by atoms with Crippen molar-refractivity contribution < 1.29 is 28.0 Å².